The van der Waals surface area contributed by atoms with Crippen molar-refractivity contribution < 1.29 is 9.59 Å². The molecule has 1 aliphatic heterocycles. The lowest BCUT2D eigenvalue weighted by molar-refractivity contribution is -0.127. The molecule has 130 valence electrons. The van der Waals surface area contributed by atoms with Crippen LogP contribution in [0.1, 0.15) is 32.6 Å². The second-order valence-corrected chi connectivity index (χ2v) is 7.54. The predicted octanol–water partition coefficient (Wildman–Crippen LogP) is 2.16. The first-order chi connectivity index (χ1) is 11.5. The molecule has 1 aromatic rings. The van der Waals surface area contributed by atoms with Crippen LogP contribution in [0.15, 0.2) is 22.8 Å². The highest BCUT2D eigenvalue weighted by atomic mass is 79.9. The van der Waals surface area contributed by atoms with E-state index < -0.39 is 0 Å². The van der Waals surface area contributed by atoms with E-state index in [0.717, 1.165) is 43.2 Å². The van der Waals surface area contributed by atoms with E-state index >= 15 is 0 Å². The summed E-state index contributed by atoms with van der Waals surface area (Å²) in [7, 11) is 0. The van der Waals surface area contributed by atoms with Gasteiger partial charge >= 0.3 is 0 Å². The van der Waals surface area contributed by atoms with Crippen LogP contribution in [0.4, 0.5) is 5.82 Å². The smallest absolute Gasteiger partial charge is 0.237 e. The van der Waals surface area contributed by atoms with E-state index in [-0.39, 0.29) is 23.8 Å². The van der Waals surface area contributed by atoms with Crippen LogP contribution in [0.2, 0.25) is 0 Å². The first-order valence-corrected chi connectivity index (χ1v) is 9.29. The van der Waals surface area contributed by atoms with Gasteiger partial charge in [0.2, 0.25) is 11.8 Å². The molecule has 0 aromatic carbocycles. The van der Waals surface area contributed by atoms with Crippen molar-refractivity contribution in [2.45, 2.75) is 44.7 Å². The van der Waals surface area contributed by atoms with Gasteiger partial charge in [-0.15, -0.1) is 0 Å². The number of hydrogen-bond acceptors (Lipinski definition) is 4. The molecule has 2 N–H and O–H groups in total. The van der Waals surface area contributed by atoms with Gasteiger partial charge in [0, 0.05) is 22.6 Å². The summed E-state index contributed by atoms with van der Waals surface area (Å²) in [6.07, 6.45) is 5.40. The average molecular weight is 395 g/mol. The van der Waals surface area contributed by atoms with Gasteiger partial charge in [-0.2, -0.15) is 0 Å². The van der Waals surface area contributed by atoms with E-state index in [4.69, 9.17) is 0 Å². The first kappa shape index (κ1) is 17.4. The number of carbonyl (C=O) groups excluding carboxylic acids is 2. The summed E-state index contributed by atoms with van der Waals surface area (Å²) in [5.41, 5.74) is 0. The molecule has 0 spiro atoms. The van der Waals surface area contributed by atoms with E-state index in [9.17, 15) is 9.59 Å². The van der Waals surface area contributed by atoms with Crippen LogP contribution in [-0.4, -0.2) is 46.9 Å². The van der Waals surface area contributed by atoms with E-state index in [1.54, 1.807) is 12.3 Å². The third kappa shape index (κ3) is 4.54. The standard InChI is InChI=1S/C17H23BrN4O2/c1-11(16(23)20-14-3-4-14)22-8-6-12(7-9-22)17(24)21-15-5-2-13(18)10-19-15/h2,5,10-12,14H,3-4,6-9H2,1H3,(H,20,23)(H,19,21,24). The Kier molecular flexibility index (Phi) is 5.50. The van der Waals surface area contributed by atoms with Gasteiger partial charge < -0.3 is 10.6 Å². The fourth-order valence-corrected chi connectivity index (χ4v) is 3.18. The molecule has 7 heteroatoms. The van der Waals surface area contributed by atoms with E-state index in [1.807, 2.05) is 13.0 Å². The molecule has 24 heavy (non-hydrogen) atoms. The summed E-state index contributed by atoms with van der Waals surface area (Å²) in [6.45, 7) is 3.49. The van der Waals surface area contributed by atoms with Crippen LogP contribution in [0, 0.1) is 5.92 Å². The number of rotatable bonds is 5. The molecule has 3 rings (SSSR count). The van der Waals surface area contributed by atoms with Crippen molar-refractivity contribution in [3.05, 3.63) is 22.8 Å². The second-order valence-electron chi connectivity index (χ2n) is 6.62. The zero-order valence-corrected chi connectivity index (χ0v) is 15.4. The minimum Gasteiger partial charge on any atom is -0.352 e. The molecule has 1 aromatic heterocycles. The van der Waals surface area contributed by atoms with Gasteiger partial charge in [0.15, 0.2) is 0 Å². The van der Waals surface area contributed by atoms with E-state index in [1.165, 1.54) is 0 Å². The Morgan fingerprint density at radius 3 is 2.54 bits per heavy atom. The number of anilines is 1. The number of likely N-dealkylation sites (tertiary alicyclic amines) is 1. The number of hydrogen-bond donors (Lipinski definition) is 2. The number of amides is 2. The third-order valence-electron chi connectivity index (χ3n) is 4.73. The highest BCUT2D eigenvalue weighted by molar-refractivity contribution is 9.10. The van der Waals surface area contributed by atoms with E-state index in [0.29, 0.717) is 11.9 Å². The Morgan fingerprint density at radius 2 is 1.96 bits per heavy atom. The lowest BCUT2D eigenvalue weighted by Crippen LogP contribution is -2.49. The number of nitrogens with zero attached hydrogens (tertiary/aromatic N) is 2. The summed E-state index contributed by atoms with van der Waals surface area (Å²) in [5, 5.41) is 5.92. The van der Waals surface area contributed by atoms with Gasteiger partial charge in [-0.05, 0) is 73.8 Å². The molecule has 1 saturated carbocycles. The van der Waals surface area contributed by atoms with Crippen molar-refractivity contribution in [1.82, 2.24) is 15.2 Å². The largest absolute Gasteiger partial charge is 0.352 e. The second kappa shape index (κ2) is 7.61. The summed E-state index contributed by atoms with van der Waals surface area (Å²) >= 11 is 3.33. The maximum absolute atomic E-state index is 12.4. The van der Waals surface area contributed by atoms with Crippen molar-refractivity contribution in [3.8, 4) is 0 Å². The molecule has 1 atom stereocenters. The Morgan fingerprint density at radius 1 is 1.25 bits per heavy atom. The van der Waals surface area contributed by atoms with Gasteiger partial charge in [-0.3, -0.25) is 14.5 Å². The molecule has 2 aliphatic rings. The third-order valence-corrected chi connectivity index (χ3v) is 5.20. The van der Waals surface area contributed by atoms with Gasteiger partial charge in [-0.25, -0.2) is 4.98 Å². The molecule has 2 heterocycles. The number of pyridine rings is 1. The number of aromatic nitrogens is 1. The molecule has 0 radical (unpaired) electrons. The lowest BCUT2D eigenvalue weighted by atomic mass is 9.95. The normalized spacial score (nSPS) is 20.4. The van der Waals surface area contributed by atoms with Crippen molar-refractivity contribution >= 4 is 33.6 Å². The molecule has 1 aliphatic carbocycles. The maximum Gasteiger partial charge on any atom is 0.237 e. The van der Waals surface area contributed by atoms with Crippen molar-refractivity contribution in [2.75, 3.05) is 18.4 Å². The maximum atomic E-state index is 12.4. The van der Waals surface area contributed by atoms with Crippen LogP contribution < -0.4 is 10.6 Å². The molecule has 2 fully saturated rings. The van der Waals surface area contributed by atoms with Gasteiger partial charge in [0.25, 0.3) is 0 Å². The number of nitrogens with one attached hydrogen (secondary N) is 2. The predicted molar refractivity (Wildman–Crippen MR) is 95.5 cm³/mol. The summed E-state index contributed by atoms with van der Waals surface area (Å²) < 4.78 is 0.882. The SMILES string of the molecule is CC(C(=O)NC1CC1)N1CCC(C(=O)Nc2ccc(Br)cn2)CC1. The number of halogens is 1. The Bertz CT molecular complexity index is 595. The molecule has 1 saturated heterocycles. The number of carbonyl (C=O) groups is 2. The topological polar surface area (TPSA) is 74.3 Å². The first-order valence-electron chi connectivity index (χ1n) is 8.50. The van der Waals surface area contributed by atoms with Gasteiger partial charge in [-0.1, -0.05) is 0 Å². The monoisotopic (exact) mass is 394 g/mol. The number of piperidine rings is 1. The lowest BCUT2D eigenvalue weighted by Gasteiger charge is -2.34. The zero-order chi connectivity index (χ0) is 17.1. The van der Waals surface area contributed by atoms with Crippen molar-refractivity contribution in [2.24, 2.45) is 5.92 Å². The Hall–Kier alpha value is -1.47. The summed E-state index contributed by atoms with van der Waals surface area (Å²) in [4.78, 5) is 30.8. The highest BCUT2D eigenvalue weighted by Crippen LogP contribution is 2.22. The minimum atomic E-state index is -0.122. The Labute approximate surface area is 150 Å². The molecule has 6 nitrogen and oxygen atoms in total. The van der Waals surface area contributed by atoms with Crippen LogP contribution in [-0.2, 0) is 9.59 Å². The van der Waals surface area contributed by atoms with Crippen LogP contribution >= 0.6 is 15.9 Å². The average Bonchev–Trinajstić information content (AvgIpc) is 3.40. The minimum absolute atomic E-state index is 0.0135. The van der Waals surface area contributed by atoms with E-state index in [2.05, 4.69) is 36.4 Å². The van der Waals surface area contributed by atoms with Crippen LogP contribution in [0.3, 0.4) is 0 Å². The molecular formula is C17H23BrN4O2. The van der Waals surface area contributed by atoms with Crippen molar-refractivity contribution in [3.63, 3.8) is 0 Å². The van der Waals surface area contributed by atoms with Gasteiger partial charge in [0.05, 0.1) is 6.04 Å². The fraction of sp³-hybridized carbons (Fsp3) is 0.588. The molecular weight excluding hydrogens is 372 g/mol. The quantitative estimate of drug-likeness (QED) is 0.802. The van der Waals surface area contributed by atoms with Crippen LogP contribution in [0.5, 0.6) is 0 Å². The fourth-order valence-electron chi connectivity index (χ4n) is 2.94. The molecule has 1 unspecified atom stereocenters. The van der Waals surface area contributed by atoms with Crippen LogP contribution in [0.25, 0.3) is 0 Å². The molecule has 0 bridgehead atoms. The van der Waals surface area contributed by atoms with Gasteiger partial charge in [0.1, 0.15) is 5.82 Å². The van der Waals surface area contributed by atoms with Crippen molar-refractivity contribution in [1.29, 1.82) is 0 Å². The highest BCUT2D eigenvalue weighted by Gasteiger charge is 2.32. The zero-order valence-electron chi connectivity index (χ0n) is 13.8. The Balaban J connectivity index is 1.46. The summed E-state index contributed by atoms with van der Waals surface area (Å²) in [5.74, 6) is 0.673. The molecule has 2 amide bonds. The summed E-state index contributed by atoms with van der Waals surface area (Å²) in [6, 6.07) is 3.90.